The molecular formula is C15H21N3O3. The molecule has 3 rings (SSSR count). The van der Waals surface area contributed by atoms with Crippen LogP contribution in [0, 0.1) is 5.92 Å². The number of nitrogens with zero attached hydrogens (tertiary/aromatic N) is 1. The third-order valence-electron chi connectivity index (χ3n) is 4.32. The van der Waals surface area contributed by atoms with Gasteiger partial charge in [-0.15, -0.1) is 0 Å². The highest BCUT2D eigenvalue weighted by Crippen LogP contribution is 2.32. The second-order valence-corrected chi connectivity index (χ2v) is 5.84. The highest BCUT2D eigenvalue weighted by Gasteiger charge is 2.31. The summed E-state index contributed by atoms with van der Waals surface area (Å²) in [7, 11) is 1.55. The summed E-state index contributed by atoms with van der Waals surface area (Å²) in [6.07, 6.45) is 1.40. The van der Waals surface area contributed by atoms with Crippen molar-refractivity contribution in [2.45, 2.75) is 25.3 Å². The lowest BCUT2D eigenvalue weighted by atomic mass is 9.84. The molecule has 2 aliphatic rings. The molecule has 2 aliphatic heterocycles. The van der Waals surface area contributed by atoms with Crippen LogP contribution in [0.4, 0.5) is 5.69 Å². The Kier molecular flexibility index (Phi) is 4.07. The van der Waals surface area contributed by atoms with Crippen LogP contribution < -0.4 is 16.2 Å². The first kappa shape index (κ1) is 14.3. The van der Waals surface area contributed by atoms with Crippen molar-refractivity contribution in [3.05, 3.63) is 28.2 Å². The fourth-order valence-corrected chi connectivity index (χ4v) is 3.29. The van der Waals surface area contributed by atoms with Crippen molar-refractivity contribution in [3.63, 3.8) is 0 Å². The molecule has 0 radical (unpaired) electrons. The van der Waals surface area contributed by atoms with Crippen molar-refractivity contribution in [2.24, 2.45) is 5.92 Å². The Hall–Kier alpha value is -1.66. The highest BCUT2D eigenvalue weighted by molar-refractivity contribution is 5.90. The molecule has 21 heavy (non-hydrogen) atoms. The average Bonchev–Trinajstić information content (AvgIpc) is 2.49. The van der Waals surface area contributed by atoms with E-state index in [-0.39, 0.29) is 17.9 Å². The number of aromatic nitrogens is 1. The van der Waals surface area contributed by atoms with Gasteiger partial charge in [0.2, 0.25) is 5.91 Å². The fourth-order valence-electron chi connectivity index (χ4n) is 3.29. The zero-order valence-electron chi connectivity index (χ0n) is 12.2. The van der Waals surface area contributed by atoms with Crippen LogP contribution in [0.3, 0.4) is 0 Å². The Bertz CT molecular complexity index is 596. The van der Waals surface area contributed by atoms with Crippen LogP contribution in [0.5, 0.6) is 0 Å². The largest absolute Gasteiger partial charge is 0.384 e. The lowest BCUT2D eigenvalue weighted by Gasteiger charge is -2.37. The topological polar surface area (TPSA) is 72.4 Å². The van der Waals surface area contributed by atoms with Crippen molar-refractivity contribution in [1.29, 1.82) is 0 Å². The smallest absolute Gasteiger partial charge is 0.274 e. The molecule has 2 bridgehead atoms. The summed E-state index contributed by atoms with van der Waals surface area (Å²) in [5.74, 6) is 0.726. The SMILES string of the molecule is COCCC(=O)Nc1ccc2n(c1=O)C[C@H]1CNC[C@H]2C1. The monoisotopic (exact) mass is 291 g/mol. The van der Waals surface area contributed by atoms with Crippen molar-refractivity contribution < 1.29 is 9.53 Å². The number of carbonyl (C=O) groups excluding carboxylic acids is 1. The van der Waals surface area contributed by atoms with E-state index in [1.807, 2.05) is 10.6 Å². The Morgan fingerprint density at radius 3 is 3.14 bits per heavy atom. The molecule has 0 saturated carbocycles. The average molecular weight is 291 g/mol. The molecular weight excluding hydrogens is 270 g/mol. The predicted octanol–water partition coefficient (Wildman–Crippen LogP) is 0.530. The van der Waals surface area contributed by atoms with Crippen LogP contribution in [0.25, 0.3) is 0 Å². The molecule has 0 aromatic carbocycles. The molecule has 1 saturated heterocycles. The van der Waals surface area contributed by atoms with Gasteiger partial charge in [-0.25, -0.2) is 0 Å². The molecule has 0 unspecified atom stereocenters. The van der Waals surface area contributed by atoms with Crippen LogP contribution in [0.2, 0.25) is 0 Å². The van der Waals surface area contributed by atoms with Gasteiger partial charge in [0, 0.05) is 31.8 Å². The van der Waals surface area contributed by atoms with E-state index in [1.54, 1.807) is 13.2 Å². The van der Waals surface area contributed by atoms with E-state index in [2.05, 4.69) is 10.6 Å². The zero-order valence-corrected chi connectivity index (χ0v) is 12.2. The number of rotatable bonds is 4. The van der Waals surface area contributed by atoms with Gasteiger partial charge in [-0.05, 0) is 31.0 Å². The highest BCUT2D eigenvalue weighted by atomic mass is 16.5. The molecule has 1 fully saturated rings. The molecule has 6 nitrogen and oxygen atoms in total. The van der Waals surface area contributed by atoms with Gasteiger partial charge in [0.25, 0.3) is 5.56 Å². The number of hydrogen-bond acceptors (Lipinski definition) is 4. The van der Waals surface area contributed by atoms with E-state index in [1.165, 1.54) is 0 Å². The second kappa shape index (κ2) is 5.99. The van der Waals surface area contributed by atoms with E-state index < -0.39 is 0 Å². The van der Waals surface area contributed by atoms with Crippen molar-refractivity contribution in [2.75, 3.05) is 32.1 Å². The Morgan fingerprint density at radius 1 is 1.48 bits per heavy atom. The summed E-state index contributed by atoms with van der Waals surface area (Å²) in [6.45, 7) is 2.98. The van der Waals surface area contributed by atoms with Gasteiger partial charge in [0.05, 0.1) is 13.0 Å². The third kappa shape index (κ3) is 2.87. The van der Waals surface area contributed by atoms with Gasteiger partial charge < -0.3 is 19.9 Å². The second-order valence-electron chi connectivity index (χ2n) is 5.84. The van der Waals surface area contributed by atoms with E-state index >= 15 is 0 Å². The third-order valence-corrected chi connectivity index (χ3v) is 4.32. The molecule has 3 heterocycles. The summed E-state index contributed by atoms with van der Waals surface area (Å²) in [4.78, 5) is 24.3. The van der Waals surface area contributed by atoms with Crippen LogP contribution in [0.1, 0.15) is 24.5 Å². The number of anilines is 1. The standard InChI is InChI=1S/C15H21N3O3/c1-21-5-4-14(19)17-12-2-3-13-11-6-10(7-16-8-11)9-18(13)15(12)20/h2-3,10-11,16H,4-9H2,1H3,(H,17,19)/t10-,11-/m1/s1. The number of hydrogen-bond donors (Lipinski definition) is 2. The van der Waals surface area contributed by atoms with Crippen molar-refractivity contribution in [3.8, 4) is 0 Å². The maximum Gasteiger partial charge on any atom is 0.274 e. The Labute approximate surface area is 123 Å². The van der Waals surface area contributed by atoms with Gasteiger partial charge in [-0.2, -0.15) is 0 Å². The zero-order chi connectivity index (χ0) is 14.8. The minimum atomic E-state index is -0.188. The number of amides is 1. The number of ether oxygens (including phenoxy) is 1. The maximum atomic E-state index is 12.6. The molecule has 1 aromatic heterocycles. The first-order valence-corrected chi connectivity index (χ1v) is 7.42. The Balaban J connectivity index is 1.83. The van der Waals surface area contributed by atoms with Gasteiger partial charge in [-0.3, -0.25) is 9.59 Å². The number of piperidine rings is 1. The molecule has 2 N–H and O–H groups in total. The molecule has 1 amide bonds. The van der Waals surface area contributed by atoms with Crippen LogP contribution in [0.15, 0.2) is 16.9 Å². The number of carbonyl (C=O) groups is 1. The minimum absolute atomic E-state index is 0.0881. The molecule has 6 heteroatoms. The first-order chi connectivity index (χ1) is 10.2. The summed E-state index contributed by atoms with van der Waals surface area (Å²) in [6, 6.07) is 3.70. The predicted molar refractivity (Wildman–Crippen MR) is 79.5 cm³/mol. The molecule has 0 spiro atoms. The number of nitrogens with one attached hydrogen (secondary N) is 2. The number of fused-ring (bicyclic) bond motifs is 4. The lowest BCUT2D eigenvalue weighted by Crippen LogP contribution is -2.45. The molecule has 2 atom stereocenters. The quantitative estimate of drug-likeness (QED) is 0.849. The number of pyridine rings is 1. The summed E-state index contributed by atoms with van der Waals surface area (Å²) in [5.41, 5.74) is 1.36. The van der Waals surface area contributed by atoms with Crippen molar-refractivity contribution in [1.82, 2.24) is 9.88 Å². The lowest BCUT2D eigenvalue weighted by molar-refractivity contribution is -0.117. The Morgan fingerprint density at radius 2 is 2.33 bits per heavy atom. The van der Waals surface area contributed by atoms with Gasteiger partial charge in [0.15, 0.2) is 0 Å². The summed E-state index contributed by atoms with van der Waals surface area (Å²) < 4.78 is 6.71. The van der Waals surface area contributed by atoms with Gasteiger partial charge in [-0.1, -0.05) is 0 Å². The van der Waals surface area contributed by atoms with Crippen LogP contribution in [-0.4, -0.2) is 37.3 Å². The van der Waals surface area contributed by atoms with Gasteiger partial charge >= 0.3 is 0 Å². The molecule has 1 aromatic rings. The normalized spacial score (nSPS) is 23.5. The van der Waals surface area contributed by atoms with E-state index in [0.29, 0.717) is 24.1 Å². The summed E-state index contributed by atoms with van der Waals surface area (Å²) in [5, 5.41) is 6.11. The molecule has 114 valence electrons. The van der Waals surface area contributed by atoms with Crippen molar-refractivity contribution >= 4 is 11.6 Å². The first-order valence-electron chi connectivity index (χ1n) is 7.42. The van der Waals surface area contributed by atoms with Crippen LogP contribution in [-0.2, 0) is 16.1 Å². The minimum Gasteiger partial charge on any atom is -0.384 e. The van der Waals surface area contributed by atoms with Gasteiger partial charge in [0.1, 0.15) is 5.69 Å². The van der Waals surface area contributed by atoms with Crippen LogP contribution >= 0.6 is 0 Å². The van der Waals surface area contributed by atoms with E-state index in [9.17, 15) is 9.59 Å². The number of methoxy groups -OCH3 is 1. The van der Waals surface area contributed by atoms with E-state index in [0.717, 1.165) is 31.7 Å². The maximum absolute atomic E-state index is 12.6. The molecule has 0 aliphatic carbocycles. The fraction of sp³-hybridized carbons (Fsp3) is 0.600. The van der Waals surface area contributed by atoms with E-state index in [4.69, 9.17) is 4.74 Å². The summed E-state index contributed by atoms with van der Waals surface area (Å²) >= 11 is 0.